The maximum atomic E-state index is 5.92. The van der Waals surface area contributed by atoms with Crippen molar-refractivity contribution in [2.24, 2.45) is 5.92 Å². The predicted molar refractivity (Wildman–Crippen MR) is 83.2 cm³/mol. The number of nitrogens with zero attached hydrogens (tertiary/aromatic N) is 3. The number of ether oxygens (including phenoxy) is 1. The molecule has 0 spiro atoms. The second-order valence-corrected chi connectivity index (χ2v) is 6.98. The van der Waals surface area contributed by atoms with Crippen LogP contribution in [0.25, 0.3) is 0 Å². The van der Waals surface area contributed by atoms with Crippen molar-refractivity contribution in [3.8, 4) is 0 Å². The quantitative estimate of drug-likeness (QED) is 0.822. The van der Waals surface area contributed by atoms with E-state index in [-0.39, 0.29) is 0 Å². The molecule has 1 aliphatic heterocycles. The fraction of sp³-hybridized carbons (Fsp3) is 0.562. The predicted octanol–water partition coefficient (Wildman–Crippen LogP) is 2.93. The summed E-state index contributed by atoms with van der Waals surface area (Å²) in [4.78, 5) is 2.50. The molecule has 3 heterocycles. The Bertz CT molecular complexity index is 576. The van der Waals surface area contributed by atoms with Gasteiger partial charge in [-0.25, -0.2) is 0 Å². The zero-order valence-corrected chi connectivity index (χ0v) is 13.0. The third-order valence-corrected chi connectivity index (χ3v) is 5.03. The Hall–Kier alpha value is -1.17. The summed E-state index contributed by atoms with van der Waals surface area (Å²) in [6.45, 7) is 4.74. The van der Waals surface area contributed by atoms with Gasteiger partial charge in [-0.15, -0.1) is 0 Å². The molecule has 1 atom stereocenters. The van der Waals surface area contributed by atoms with Crippen molar-refractivity contribution in [3.63, 3.8) is 0 Å². The first-order chi connectivity index (χ1) is 10.4. The summed E-state index contributed by atoms with van der Waals surface area (Å²) in [6, 6.07) is 4.70. The second kappa shape index (κ2) is 5.91. The van der Waals surface area contributed by atoms with Crippen LogP contribution in [0, 0.1) is 5.92 Å². The van der Waals surface area contributed by atoms with E-state index in [0.29, 0.717) is 6.04 Å². The molecule has 5 heteroatoms. The summed E-state index contributed by atoms with van der Waals surface area (Å²) in [5, 5.41) is 8.89. The summed E-state index contributed by atoms with van der Waals surface area (Å²) in [5.74, 6) is 0.826. The molecule has 1 aliphatic carbocycles. The molecule has 1 saturated carbocycles. The third-order valence-electron chi connectivity index (χ3n) is 4.30. The Morgan fingerprint density at radius 1 is 1.29 bits per heavy atom. The van der Waals surface area contributed by atoms with Gasteiger partial charge in [0, 0.05) is 32.4 Å². The number of hydrogen-bond acceptors (Lipinski definition) is 4. The minimum atomic E-state index is 0.348. The van der Waals surface area contributed by atoms with Crippen LogP contribution < -0.4 is 0 Å². The monoisotopic (exact) mass is 303 g/mol. The van der Waals surface area contributed by atoms with Crippen molar-refractivity contribution in [3.05, 3.63) is 40.3 Å². The lowest BCUT2D eigenvalue weighted by atomic mass is 10.2. The van der Waals surface area contributed by atoms with Crippen molar-refractivity contribution in [2.45, 2.75) is 32.0 Å². The molecular formula is C16H21N3OS. The molecule has 0 aromatic carbocycles. The van der Waals surface area contributed by atoms with Crippen LogP contribution in [-0.2, 0) is 17.8 Å². The van der Waals surface area contributed by atoms with Gasteiger partial charge in [0.25, 0.3) is 0 Å². The Kier molecular flexibility index (Phi) is 3.80. The lowest BCUT2D eigenvalue weighted by molar-refractivity contribution is 0.0569. The lowest BCUT2D eigenvalue weighted by Gasteiger charge is -2.33. The summed E-state index contributed by atoms with van der Waals surface area (Å²) < 4.78 is 8.09. The van der Waals surface area contributed by atoms with Crippen LogP contribution in [0.2, 0.25) is 0 Å². The smallest absolute Gasteiger partial charge is 0.0883 e. The van der Waals surface area contributed by atoms with Crippen LogP contribution in [0.4, 0.5) is 0 Å². The first-order valence-electron chi connectivity index (χ1n) is 7.72. The van der Waals surface area contributed by atoms with Crippen molar-refractivity contribution < 1.29 is 4.74 Å². The van der Waals surface area contributed by atoms with Crippen LogP contribution in [0.15, 0.2) is 29.1 Å². The average molecular weight is 303 g/mol. The zero-order chi connectivity index (χ0) is 14.1. The first kappa shape index (κ1) is 13.5. The minimum absolute atomic E-state index is 0.348. The van der Waals surface area contributed by atoms with Crippen LogP contribution >= 0.6 is 11.3 Å². The Morgan fingerprint density at radius 3 is 3.05 bits per heavy atom. The fourth-order valence-corrected chi connectivity index (χ4v) is 3.66. The highest BCUT2D eigenvalue weighted by Crippen LogP contribution is 2.29. The van der Waals surface area contributed by atoms with E-state index in [4.69, 9.17) is 4.74 Å². The molecule has 0 saturated heterocycles. The van der Waals surface area contributed by atoms with E-state index in [1.807, 2.05) is 6.20 Å². The van der Waals surface area contributed by atoms with Gasteiger partial charge in [-0.05, 0) is 47.2 Å². The van der Waals surface area contributed by atoms with Crippen LogP contribution in [0.1, 0.15) is 30.1 Å². The molecular weight excluding hydrogens is 282 g/mol. The van der Waals surface area contributed by atoms with Crippen LogP contribution in [0.5, 0.6) is 0 Å². The summed E-state index contributed by atoms with van der Waals surface area (Å²) in [5.41, 5.74) is 2.71. The van der Waals surface area contributed by atoms with Gasteiger partial charge in [-0.3, -0.25) is 9.58 Å². The van der Waals surface area contributed by atoms with E-state index in [1.54, 1.807) is 11.3 Å². The van der Waals surface area contributed by atoms with Crippen LogP contribution in [0.3, 0.4) is 0 Å². The highest BCUT2D eigenvalue weighted by Gasteiger charge is 2.27. The molecule has 4 nitrogen and oxygen atoms in total. The highest BCUT2D eigenvalue weighted by atomic mass is 32.1. The summed E-state index contributed by atoms with van der Waals surface area (Å²) >= 11 is 1.77. The highest BCUT2D eigenvalue weighted by molar-refractivity contribution is 7.07. The van der Waals surface area contributed by atoms with Gasteiger partial charge in [-0.1, -0.05) is 0 Å². The maximum absolute atomic E-state index is 5.92. The molecule has 21 heavy (non-hydrogen) atoms. The van der Waals surface area contributed by atoms with E-state index >= 15 is 0 Å². The van der Waals surface area contributed by atoms with E-state index in [2.05, 4.69) is 37.6 Å². The summed E-state index contributed by atoms with van der Waals surface area (Å²) in [7, 11) is 0. The molecule has 0 radical (unpaired) electrons. The topological polar surface area (TPSA) is 30.3 Å². The number of aromatic nitrogens is 2. The van der Waals surface area contributed by atoms with E-state index < -0.39 is 0 Å². The van der Waals surface area contributed by atoms with Gasteiger partial charge in [-0.2, -0.15) is 16.4 Å². The zero-order valence-electron chi connectivity index (χ0n) is 12.1. The van der Waals surface area contributed by atoms with Gasteiger partial charge >= 0.3 is 0 Å². The Labute approximate surface area is 129 Å². The number of thiophene rings is 1. The Morgan fingerprint density at radius 2 is 2.24 bits per heavy atom. The van der Waals surface area contributed by atoms with Crippen molar-refractivity contribution >= 4 is 11.3 Å². The molecule has 2 aromatic heterocycles. The third kappa shape index (κ3) is 3.20. The first-order valence-corrected chi connectivity index (χ1v) is 8.66. The largest absolute Gasteiger partial charge is 0.379 e. The van der Waals surface area contributed by atoms with Gasteiger partial charge in [0.1, 0.15) is 0 Å². The maximum Gasteiger partial charge on any atom is 0.0883 e. The van der Waals surface area contributed by atoms with Gasteiger partial charge in [0.05, 0.1) is 18.3 Å². The summed E-state index contributed by atoms with van der Waals surface area (Å²) in [6.07, 6.45) is 4.61. The molecule has 2 aliphatic rings. The van der Waals surface area contributed by atoms with E-state index in [1.165, 1.54) is 24.1 Å². The van der Waals surface area contributed by atoms with E-state index in [0.717, 1.165) is 38.8 Å². The standard InChI is InChI=1S/C16H21N3OS/c1-2-13(1)10-20-11-16-9-18(7-14-4-6-21-12-14)8-15-3-5-17-19(15)16/h3-6,12-13,16H,1-2,7-11H2. The van der Waals surface area contributed by atoms with Crippen molar-refractivity contribution in [1.82, 2.24) is 14.7 Å². The molecule has 1 fully saturated rings. The Balaban J connectivity index is 1.41. The molecule has 4 rings (SSSR count). The van der Waals surface area contributed by atoms with Crippen LogP contribution in [-0.4, -0.2) is 34.4 Å². The van der Waals surface area contributed by atoms with Crippen molar-refractivity contribution in [2.75, 3.05) is 19.8 Å². The normalized spacial score (nSPS) is 22.4. The van der Waals surface area contributed by atoms with Gasteiger partial charge in [0.2, 0.25) is 0 Å². The van der Waals surface area contributed by atoms with E-state index in [9.17, 15) is 0 Å². The fourth-order valence-electron chi connectivity index (χ4n) is 3.00. The molecule has 112 valence electrons. The second-order valence-electron chi connectivity index (χ2n) is 6.20. The number of hydrogen-bond donors (Lipinski definition) is 0. The SMILES string of the molecule is c1cc2n(n1)C(COCC1CC1)CN(Cc1ccsc1)C2. The van der Waals surface area contributed by atoms with Gasteiger partial charge < -0.3 is 4.74 Å². The number of rotatable bonds is 6. The lowest BCUT2D eigenvalue weighted by Crippen LogP contribution is -2.39. The molecule has 0 N–H and O–H groups in total. The molecule has 2 aromatic rings. The average Bonchev–Trinajstić information content (AvgIpc) is 2.97. The molecule has 0 bridgehead atoms. The van der Waals surface area contributed by atoms with Crippen molar-refractivity contribution in [1.29, 1.82) is 0 Å². The minimum Gasteiger partial charge on any atom is -0.379 e. The molecule has 0 amide bonds. The van der Waals surface area contributed by atoms with Gasteiger partial charge in [0.15, 0.2) is 0 Å². The number of fused-ring (bicyclic) bond motifs is 1. The molecule has 1 unspecified atom stereocenters.